The van der Waals surface area contributed by atoms with Gasteiger partial charge >= 0.3 is 6.03 Å². The van der Waals surface area contributed by atoms with Crippen LogP contribution in [0.15, 0.2) is 28.8 Å². The second kappa shape index (κ2) is 7.77. The first-order valence-electron chi connectivity index (χ1n) is 8.38. The smallest absolute Gasteiger partial charge is 0.319 e. The van der Waals surface area contributed by atoms with Crippen molar-refractivity contribution in [1.29, 1.82) is 0 Å². The summed E-state index contributed by atoms with van der Waals surface area (Å²) < 4.78 is 5.12. The maximum atomic E-state index is 12.2. The Morgan fingerprint density at radius 2 is 2.00 bits per heavy atom. The van der Waals surface area contributed by atoms with Crippen molar-refractivity contribution >= 4 is 11.7 Å². The van der Waals surface area contributed by atoms with Gasteiger partial charge in [0.15, 0.2) is 11.6 Å². The first-order chi connectivity index (χ1) is 12.5. The number of urea groups is 1. The number of amides is 2. The number of carbonyl (C=O) groups is 1. The Kier molecular flexibility index (Phi) is 5.26. The largest absolute Gasteiger partial charge is 0.337 e. The van der Waals surface area contributed by atoms with Gasteiger partial charge < -0.3 is 15.2 Å². The van der Waals surface area contributed by atoms with E-state index < -0.39 is 0 Å². The molecule has 26 heavy (non-hydrogen) atoms. The van der Waals surface area contributed by atoms with E-state index in [4.69, 9.17) is 4.52 Å². The summed E-state index contributed by atoms with van der Waals surface area (Å²) in [6, 6.07) is 6.88. The lowest BCUT2D eigenvalue weighted by atomic mass is 10.1. The highest BCUT2D eigenvalue weighted by Crippen LogP contribution is 2.16. The van der Waals surface area contributed by atoms with Crippen LogP contribution in [-0.4, -0.2) is 31.4 Å². The van der Waals surface area contributed by atoms with E-state index in [1.807, 2.05) is 38.1 Å². The van der Waals surface area contributed by atoms with Gasteiger partial charge in [-0.15, -0.1) is 0 Å². The van der Waals surface area contributed by atoms with Crippen molar-refractivity contribution in [2.75, 3.05) is 5.32 Å². The van der Waals surface area contributed by atoms with Crippen LogP contribution in [0.4, 0.5) is 10.5 Å². The number of aromatic amines is 1. The average molecular weight is 355 g/mol. The van der Waals surface area contributed by atoms with Gasteiger partial charge in [0.2, 0.25) is 5.89 Å². The Balaban J connectivity index is 1.57. The molecule has 0 fully saturated rings. The number of benzene rings is 1. The van der Waals surface area contributed by atoms with Gasteiger partial charge in [-0.05, 0) is 38.0 Å². The second-order valence-electron chi connectivity index (χ2n) is 5.95. The highest BCUT2D eigenvalue weighted by atomic mass is 16.5. The zero-order valence-corrected chi connectivity index (χ0v) is 14.9. The standard InChI is InChI=1S/C17H21N7O2/c1-4-14(16-19-11(3)24-26-16)21-17(25)20-13-7-5-12(6-8-13)9-15-18-10(2)22-23-15/h5-8,14H,4,9H2,1-3H3,(H,18,22,23)(H2,20,21,25)/t14-/m0/s1. The number of nitrogens with one attached hydrogen (secondary N) is 3. The molecule has 136 valence electrons. The van der Waals surface area contributed by atoms with E-state index in [0.717, 1.165) is 17.2 Å². The molecule has 0 radical (unpaired) electrons. The van der Waals surface area contributed by atoms with Gasteiger partial charge in [0.05, 0.1) is 0 Å². The van der Waals surface area contributed by atoms with Crippen molar-refractivity contribution in [3.05, 3.63) is 53.2 Å². The van der Waals surface area contributed by atoms with Gasteiger partial charge in [0.25, 0.3) is 0 Å². The minimum atomic E-state index is -0.329. The van der Waals surface area contributed by atoms with Crippen LogP contribution >= 0.6 is 0 Å². The maximum absolute atomic E-state index is 12.2. The monoisotopic (exact) mass is 355 g/mol. The van der Waals surface area contributed by atoms with Crippen LogP contribution in [0.25, 0.3) is 0 Å². The van der Waals surface area contributed by atoms with E-state index in [1.54, 1.807) is 6.92 Å². The van der Waals surface area contributed by atoms with Crippen LogP contribution in [-0.2, 0) is 6.42 Å². The van der Waals surface area contributed by atoms with Gasteiger partial charge in [-0.1, -0.05) is 24.2 Å². The fourth-order valence-electron chi connectivity index (χ4n) is 2.48. The van der Waals surface area contributed by atoms with E-state index in [0.29, 0.717) is 30.2 Å². The topological polar surface area (TPSA) is 122 Å². The summed E-state index contributed by atoms with van der Waals surface area (Å²) in [5, 5.41) is 16.3. The van der Waals surface area contributed by atoms with Crippen LogP contribution in [0.3, 0.4) is 0 Å². The van der Waals surface area contributed by atoms with E-state index >= 15 is 0 Å². The molecule has 0 spiro atoms. The predicted octanol–water partition coefficient (Wildman–Crippen LogP) is 2.67. The Morgan fingerprint density at radius 3 is 2.58 bits per heavy atom. The minimum absolute atomic E-state index is 0.329. The molecule has 1 atom stereocenters. The van der Waals surface area contributed by atoms with Crippen LogP contribution in [0.2, 0.25) is 0 Å². The summed E-state index contributed by atoms with van der Waals surface area (Å²) >= 11 is 0. The zero-order chi connectivity index (χ0) is 18.5. The second-order valence-corrected chi connectivity index (χ2v) is 5.95. The van der Waals surface area contributed by atoms with Crippen molar-refractivity contribution in [2.45, 2.75) is 39.7 Å². The number of anilines is 1. The first-order valence-corrected chi connectivity index (χ1v) is 8.38. The van der Waals surface area contributed by atoms with Crippen molar-refractivity contribution < 1.29 is 9.32 Å². The van der Waals surface area contributed by atoms with E-state index in [2.05, 4.69) is 36.0 Å². The third-order valence-corrected chi connectivity index (χ3v) is 3.77. The Hall–Kier alpha value is -3.23. The maximum Gasteiger partial charge on any atom is 0.319 e. The first kappa shape index (κ1) is 17.6. The molecule has 0 aliphatic rings. The molecule has 0 bridgehead atoms. The van der Waals surface area contributed by atoms with Crippen LogP contribution in [0, 0.1) is 13.8 Å². The molecule has 1 aromatic carbocycles. The Bertz CT molecular complexity index is 869. The molecule has 0 saturated carbocycles. The third-order valence-electron chi connectivity index (χ3n) is 3.77. The summed E-state index contributed by atoms with van der Waals surface area (Å²) in [6.45, 7) is 5.53. The molecule has 0 aliphatic heterocycles. The van der Waals surface area contributed by atoms with Crippen molar-refractivity contribution in [3.63, 3.8) is 0 Å². The van der Waals surface area contributed by atoms with Crippen molar-refractivity contribution in [3.8, 4) is 0 Å². The summed E-state index contributed by atoms with van der Waals surface area (Å²) in [7, 11) is 0. The van der Waals surface area contributed by atoms with E-state index in [1.165, 1.54) is 0 Å². The number of nitrogens with zero attached hydrogens (tertiary/aromatic N) is 4. The highest BCUT2D eigenvalue weighted by Gasteiger charge is 2.18. The number of hydrogen-bond acceptors (Lipinski definition) is 6. The normalized spacial score (nSPS) is 12.0. The lowest BCUT2D eigenvalue weighted by molar-refractivity contribution is 0.243. The van der Waals surface area contributed by atoms with E-state index in [-0.39, 0.29) is 12.1 Å². The lowest BCUT2D eigenvalue weighted by Crippen LogP contribution is -2.32. The molecule has 2 amide bonds. The predicted molar refractivity (Wildman–Crippen MR) is 94.6 cm³/mol. The molecule has 3 N–H and O–H groups in total. The number of aryl methyl sites for hydroxylation is 2. The van der Waals surface area contributed by atoms with Gasteiger partial charge in [0, 0.05) is 12.1 Å². The van der Waals surface area contributed by atoms with Gasteiger partial charge in [0.1, 0.15) is 11.9 Å². The summed E-state index contributed by atoms with van der Waals surface area (Å²) in [4.78, 5) is 20.6. The highest BCUT2D eigenvalue weighted by molar-refractivity contribution is 5.89. The quantitative estimate of drug-likeness (QED) is 0.625. The zero-order valence-electron chi connectivity index (χ0n) is 14.9. The number of carbonyl (C=O) groups excluding carboxylic acids is 1. The lowest BCUT2D eigenvalue weighted by Gasteiger charge is -2.13. The minimum Gasteiger partial charge on any atom is -0.337 e. The van der Waals surface area contributed by atoms with Crippen molar-refractivity contribution in [2.24, 2.45) is 0 Å². The molecular weight excluding hydrogens is 334 g/mol. The molecule has 9 heteroatoms. The number of H-pyrrole nitrogens is 1. The van der Waals surface area contributed by atoms with Crippen molar-refractivity contribution in [1.82, 2.24) is 30.6 Å². The molecular formula is C17H21N7O2. The van der Waals surface area contributed by atoms with Crippen LogP contribution < -0.4 is 10.6 Å². The summed E-state index contributed by atoms with van der Waals surface area (Å²) in [5.41, 5.74) is 1.75. The number of hydrogen-bond donors (Lipinski definition) is 3. The molecule has 0 saturated heterocycles. The fourth-order valence-corrected chi connectivity index (χ4v) is 2.48. The fraction of sp³-hybridized carbons (Fsp3) is 0.353. The van der Waals surface area contributed by atoms with Crippen LogP contribution in [0.5, 0.6) is 0 Å². The van der Waals surface area contributed by atoms with Gasteiger partial charge in [-0.3, -0.25) is 5.10 Å². The molecule has 0 aliphatic carbocycles. The van der Waals surface area contributed by atoms with Gasteiger partial charge in [-0.2, -0.15) is 10.1 Å². The number of aromatic nitrogens is 5. The van der Waals surface area contributed by atoms with Crippen LogP contribution in [0.1, 0.15) is 48.3 Å². The summed E-state index contributed by atoms with van der Waals surface area (Å²) in [6.07, 6.45) is 1.27. The molecule has 9 nitrogen and oxygen atoms in total. The molecule has 3 rings (SSSR count). The van der Waals surface area contributed by atoms with E-state index in [9.17, 15) is 4.79 Å². The molecule has 3 aromatic rings. The molecule has 0 unspecified atom stereocenters. The number of rotatable bonds is 6. The SMILES string of the molecule is CC[C@H](NC(=O)Nc1ccc(Cc2n[nH]c(C)n2)cc1)c1nc(C)no1. The van der Waals surface area contributed by atoms with Gasteiger partial charge in [-0.25, -0.2) is 9.78 Å². The average Bonchev–Trinajstić information content (AvgIpc) is 3.23. The third kappa shape index (κ3) is 4.44. The molecule has 2 heterocycles. The summed E-state index contributed by atoms with van der Waals surface area (Å²) in [5.74, 6) is 2.47. The Morgan fingerprint density at radius 1 is 1.23 bits per heavy atom. The molecule has 2 aromatic heterocycles. The Labute approximate surface area is 150 Å².